The van der Waals surface area contributed by atoms with E-state index >= 15 is 0 Å². The number of carbonyl (C=O) groups is 1. The van der Waals surface area contributed by atoms with Crippen molar-refractivity contribution < 1.29 is 34.4 Å². The van der Waals surface area contributed by atoms with Gasteiger partial charge in [-0.1, -0.05) is 110 Å². The molecule has 3 heterocycles. The molecule has 6 rings (SSSR count). The third-order valence-corrected chi connectivity index (χ3v) is 11.0. The molecule has 277 valence electrons. The normalized spacial score (nSPS) is 12.2. The van der Waals surface area contributed by atoms with E-state index in [9.17, 15) is 9.90 Å². The molecule has 0 fully saturated rings. The second-order valence-electron chi connectivity index (χ2n) is 15.1. The Hall–Kier alpha value is -3.57. The zero-order valence-electron chi connectivity index (χ0n) is 32.2. The van der Waals surface area contributed by atoms with Crippen molar-refractivity contribution in [2.24, 2.45) is 17.8 Å². The van der Waals surface area contributed by atoms with E-state index in [0.29, 0.717) is 5.92 Å². The van der Waals surface area contributed by atoms with Crippen LogP contribution in [0, 0.1) is 23.8 Å². The number of rotatable bonds is 11. The minimum absolute atomic E-state index is 0. The second-order valence-corrected chi connectivity index (χ2v) is 16.3. The fourth-order valence-electron chi connectivity index (χ4n) is 6.83. The Morgan fingerprint density at radius 2 is 1.62 bits per heavy atom. The number of furan rings is 1. The minimum Gasteiger partial charge on any atom is -0.512 e. The van der Waals surface area contributed by atoms with Crippen molar-refractivity contribution in [2.75, 3.05) is 0 Å². The van der Waals surface area contributed by atoms with Crippen molar-refractivity contribution >= 4 is 49.1 Å². The van der Waals surface area contributed by atoms with Crippen LogP contribution in [0.3, 0.4) is 0 Å². The third-order valence-electron chi connectivity index (χ3n) is 9.84. The van der Waals surface area contributed by atoms with Gasteiger partial charge in [0.15, 0.2) is 11.4 Å². The molecule has 0 spiro atoms. The molecule has 0 aliphatic rings. The molecule has 6 heteroatoms. The zero-order valence-corrected chi connectivity index (χ0v) is 35.4. The van der Waals surface area contributed by atoms with Crippen LogP contribution in [0.15, 0.2) is 89.2 Å². The minimum atomic E-state index is 0. The van der Waals surface area contributed by atoms with Crippen LogP contribution in [0.4, 0.5) is 0 Å². The number of hydrogen-bond donors (Lipinski definition) is 1. The number of hydrogen-bond acceptors (Lipinski definition) is 5. The molecule has 0 aliphatic heterocycles. The second kappa shape index (κ2) is 18.0. The number of ketones is 1. The first-order chi connectivity index (χ1) is 24.4. The Morgan fingerprint density at radius 1 is 0.923 bits per heavy atom. The van der Waals surface area contributed by atoms with E-state index in [1.807, 2.05) is 45.1 Å². The number of fused-ring (bicyclic) bond motifs is 3. The Balaban J connectivity index is 0.000000323. The van der Waals surface area contributed by atoms with Crippen molar-refractivity contribution in [1.29, 1.82) is 0 Å². The maximum atomic E-state index is 11.7. The number of aromatic nitrogens is 1. The van der Waals surface area contributed by atoms with Crippen molar-refractivity contribution in [3.05, 3.63) is 101 Å². The molecule has 3 aromatic heterocycles. The van der Waals surface area contributed by atoms with E-state index in [0.717, 1.165) is 71.0 Å². The monoisotopic (exact) mass is 893 g/mol. The van der Waals surface area contributed by atoms with Crippen molar-refractivity contribution in [3.63, 3.8) is 0 Å². The number of thiophene rings is 1. The standard InChI is InChI=1S/C33H30NOS.C13H24O2.Ir/c1-20(2)14-25-16-23-11-10-22(18-31(23)36-25)27-19-30(34-29-12-13-35-32(27)29)24-15-21-8-6-7-9-26(21)28(17-24)33(3,4)5;1-5-10(6-2)12(14)9-13(15)11(7-3)8-4;/h6-13,16-20H,14H2,1-5H3;9-11,14H,5-8H2,1-4H3;/q-1;;/b;12-9-;. The first-order valence-electron chi connectivity index (χ1n) is 18.7. The van der Waals surface area contributed by atoms with Crippen LogP contribution >= 0.6 is 11.3 Å². The molecule has 52 heavy (non-hydrogen) atoms. The van der Waals surface area contributed by atoms with Crippen LogP contribution in [-0.4, -0.2) is 15.9 Å². The van der Waals surface area contributed by atoms with E-state index in [1.165, 1.54) is 32.0 Å². The van der Waals surface area contributed by atoms with Crippen molar-refractivity contribution in [1.82, 2.24) is 4.98 Å². The maximum Gasteiger partial charge on any atom is 0.162 e. The Kier molecular flexibility index (Phi) is 14.2. The van der Waals surface area contributed by atoms with Crippen molar-refractivity contribution in [2.45, 2.75) is 99.8 Å². The molecule has 3 aromatic carbocycles. The van der Waals surface area contributed by atoms with E-state index in [2.05, 4.69) is 101 Å². The molecule has 0 bridgehead atoms. The van der Waals surface area contributed by atoms with Gasteiger partial charge in [-0.05, 0) is 66.5 Å². The van der Waals surface area contributed by atoms with E-state index in [1.54, 1.807) is 6.26 Å². The molecule has 0 amide bonds. The average molecular weight is 893 g/mol. The Labute approximate surface area is 328 Å². The van der Waals surface area contributed by atoms with Gasteiger partial charge >= 0.3 is 0 Å². The number of carbonyl (C=O) groups excluding carboxylic acids is 1. The van der Waals surface area contributed by atoms with Crippen LogP contribution in [0.2, 0.25) is 0 Å². The van der Waals surface area contributed by atoms with Gasteiger partial charge in [-0.3, -0.25) is 9.78 Å². The molecule has 0 unspecified atom stereocenters. The molecular formula is C46H54IrNO3S-. The molecule has 4 nitrogen and oxygen atoms in total. The molecule has 6 aromatic rings. The summed E-state index contributed by atoms with van der Waals surface area (Å²) < 4.78 is 7.26. The zero-order chi connectivity index (χ0) is 36.9. The molecule has 0 saturated carbocycles. The smallest absolute Gasteiger partial charge is 0.162 e. The topological polar surface area (TPSA) is 63.3 Å². The summed E-state index contributed by atoms with van der Waals surface area (Å²) >= 11 is 1.90. The largest absolute Gasteiger partial charge is 0.512 e. The van der Waals surface area contributed by atoms with Gasteiger partial charge in [-0.2, -0.15) is 0 Å². The Morgan fingerprint density at radius 3 is 2.27 bits per heavy atom. The van der Waals surface area contributed by atoms with Gasteiger partial charge < -0.3 is 9.52 Å². The molecule has 0 atom stereocenters. The third kappa shape index (κ3) is 9.50. The van der Waals surface area contributed by atoms with Crippen LogP contribution < -0.4 is 0 Å². The Bertz CT molecular complexity index is 2140. The van der Waals surface area contributed by atoms with Gasteiger partial charge in [0.25, 0.3) is 0 Å². The summed E-state index contributed by atoms with van der Waals surface area (Å²) in [6, 6.07) is 27.6. The SMILES string of the molecule is CC(C)Cc1cc2ccc(-c3cc(-c4[c-]c5ccccc5c(C(C)(C)C)c4)nc4ccoc34)cc2s1.CCC(CC)C(=O)/C=C(\O)C(CC)CC.[Ir]. The molecular weight excluding hydrogens is 839 g/mol. The summed E-state index contributed by atoms with van der Waals surface area (Å²) in [5.41, 5.74) is 7.16. The van der Waals surface area contributed by atoms with Crippen LogP contribution in [-0.2, 0) is 36.7 Å². The summed E-state index contributed by atoms with van der Waals surface area (Å²) in [5.74, 6) is 1.20. The summed E-state index contributed by atoms with van der Waals surface area (Å²) in [6.07, 6.45) is 7.76. The van der Waals surface area contributed by atoms with Crippen LogP contribution in [0.5, 0.6) is 0 Å². The quantitative estimate of drug-likeness (QED) is 0.0800. The first-order valence-corrected chi connectivity index (χ1v) is 19.5. The molecule has 1 radical (unpaired) electrons. The van der Waals surface area contributed by atoms with Gasteiger partial charge in [-0.25, -0.2) is 0 Å². The number of allylic oxidation sites excluding steroid dienone is 2. The average Bonchev–Trinajstić information content (AvgIpc) is 3.74. The summed E-state index contributed by atoms with van der Waals surface area (Å²) in [7, 11) is 0. The predicted octanol–water partition coefficient (Wildman–Crippen LogP) is 13.7. The molecule has 0 aliphatic carbocycles. The first kappa shape index (κ1) is 41.2. The van der Waals surface area contributed by atoms with Gasteiger partial charge in [0.1, 0.15) is 5.52 Å². The van der Waals surface area contributed by atoms with Crippen molar-refractivity contribution in [3.8, 4) is 22.4 Å². The maximum absolute atomic E-state index is 11.7. The predicted molar refractivity (Wildman–Crippen MR) is 218 cm³/mol. The fourth-order valence-corrected chi connectivity index (χ4v) is 8.15. The summed E-state index contributed by atoms with van der Waals surface area (Å²) in [6.45, 7) is 19.4. The van der Waals surface area contributed by atoms with E-state index in [-0.39, 0.29) is 48.9 Å². The van der Waals surface area contributed by atoms with Gasteiger partial charge in [0, 0.05) is 64.9 Å². The van der Waals surface area contributed by atoms with E-state index < -0.39 is 0 Å². The number of aliphatic hydroxyl groups excluding tert-OH is 1. The van der Waals surface area contributed by atoms with Crippen LogP contribution in [0.25, 0.3) is 54.3 Å². The summed E-state index contributed by atoms with van der Waals surface area (Å²) in [5, 5.41) is 13.4. The van der Waals surface area contributed by atoms with Gasteiger partial charge in [0.2, 0.25) is 0 Å². The molecule has 0 saturated heterocycles. The van der Waals surface area contributed by atoms with Crippen LogP contribution in [0.1, 0.15) is 98.4 Å². The number of pyridine rings is 1. The molecule has 1 N–H and O–H groups in total. The number of benzene rings is 3. The van der Waals surface area contributed by atoms with Gasteiger partial charge in [0.05, 0.1) is 12.0 Å². The summed E-state index contributed by atoms with van der Waals surface area (Å²) in [4.78, 5) is 18.2. The number of aliphatic hydroxyl groups is 1. The van der Waals surface area contributed by atoms with E-state index in [4.69, 9.17) is 9.40 Å². The number of nitrogens with zero attached hydrogens (tertiary/aromatic N) is 1. The van der Waals surface area contributed by atoms with Gasteiger partial charge in [-0.15, -0.1) is 40.5 Å². The fraction of sp³-hybridized carbons (Fsp3) is 0.391.